The minimum Gasteiger partial charge on any atom is -0.512 e. The quantitative estimate of drug-likeness (QED) is 0.482. The molecule has 0 saturated carbocycles. The normalized spacial score (nSPS) is 17.8. The Morgan fingerprint density at radius 1 is 1.55 bits per heavy atom. The van der Waals surface area contributed by atoms with Gasteiger partial charge in [0.15, 0.2) is 0 Å². The number of rotatable bonds is 2. The number of hydrogen-bond donors (Lipinski definition) is 1. The Hall–Kier alpha value is -1.31. The summed E-state index contributed by atoms with van der Waals surface area (Å²) in [6.07, 6.45) is 9.03. The van der Waals surface area contributed by atoms with E-state index in [9.17, 15) is 4.79 Å². The topological polar surface area (TPSA) is 37.3 Å². The minimum atomic E-state index is 0.387. The third kappa shape index (κ3) is 2.42. The minimum absolute atomic E-state index is 0.387. The van der Waals surface area contributed by atoms with Crippen molar-refractivity contribution in [3.63, 3.8) is 0 Å². The first-order valence-corrected chi connectivity index (χ1v) is 3.54. The Labute approximate surface area is 65.5 Å². The van der Waals surface area contributed by atoms with E-state index in [-0.39, 0.29) is 0 Å². The maximum Gasteiger partial charge on any atom is 0.142 e. The summed E-state index contributed by atoms with van der Waals surface area (Å²) < 4.78 is 0. The van der Waals surface area contributed by atoms with Crippen LogP contribution in [0.2, 0.25) is 0 Å². The van der Waals surface area contributed by atoms with Gasteiger partial charge in [-0.05, 0) is 24.1 Å². The van der Waals surface area contributed by atoms with Crippen LogP contribution in [0.5, 0.6) is 0 Å². The number of allylic oxidation sites excluding steroid dienone is 6. The van der Waals surface area contributed by atoms with Gasteiger partial charge in [-0.3, -0.25) is 4.79 Å². The molecule has 0 saturated heterocycles. The second-order valence-electron chi connectivity index (χ2n) is 2.37. The maximum absolute atomic E-state index is 9.93. The molecule has 0 aromatic heterocycles. The SMILES string of the molecule is O=C/C=C/C1=CCCC(O)=C1. The summed E-state index contributed by atoms with van der Waals surface area (Å²) in [6, 6.07) is 0. The largest absolute Gasteiger partial charge is 0.512 e. The Kier molecular flexibility index (Phi) is 2.66. The highest BCUT2D eigenvalue weighted by atomic mass is 16.3. The molecule has 0 fully saturated rings. The zero-order valence-electron chi connectivity index (χ0n) is 6.16. The van der Waals surface area contributed by atoms with Gasteiger partial charge in [0, 0.05) is 6.42 Å². The van der Waals surface area contributed by atoms with Crippen molar-refractivity contribution in [2.24, 2.45) is 0 Å². The molecule has 0 atom stereocenters. The molecule has 0 aromatic rings. The van der Waals surface area contributed by atoms with E-state index in [4.69, 9.17) is 5.11 Å². The Balaban J connectivity index is 2.65. The summed E-state index contributed by atoms with van der Waals surface area (Å²) in [7, 11) is 0. The Morgan fingerprint density at radius 2 is 2.36 bits per heavy atom. The van der Waals surface area contributed by atoms with Crippen LogP contribution >= 0.6 is 0 Å². The molecule has 0 radical (unpaired) electrons. The lowest BCUT2D eigenvalue weighted by molar-refractivity contribution is -0.104. The monoisotopic (exact) mass is 150 g/mol. The van der Waals surface area contributed by atoms with Crippen molar-refractivity contribution in [3.05, 3.63) is 35.6 Å². The van der Waals surface area contributed by atoms with Crippen LogP contribution in [-0.2, 0) is 4.79 Å². The summed E-state index contributed by atoms with van der Waals surface area (Å²) in [5, 5.41) is 9.08. The van der Waals surface area contributed by atoms with E-state index in [2.05, 4.69) is 0 Å². The molecule has 58 valence electrons. The maximum atomic E-state index is 9.93. The average Bonchev–Trinajstić information content (AvgIpc) is 2.01. The molecular weight excluding hydrogens is 140 g/mol. The van der Waals surface area contributed by atoms with Crippen molar-refractivity contribution in [3.8, 4) is 0 Å². The van der Waals surface area contributed by atoms with Crippen molar-refractivity contribution >= 4 is 6.29 Å². The van der Waals surface area contributed by atoms with Crippen molar-refractivity contribution in [1.82, 2.24) is 0 Å². The summed E-state index contributed by atoms with van der Waals surface area (Å²) in [5.41, 5.74) is 0.904. The molecule has 0 aliphatic heterocycles. The summed E-state index contributed by atoms with van der Waals surface area (Å²) in [4.78, 5) is 9.93. The van der Waals surface area contributed by atoms with Gasteiger partial charge in [0.25, 0.3) is 0 Å². The van der Waals surface area contributed by atoms with Gasteiger partial charge in [-0.1, -0.05) is 12.2 Å². The van der Waals surface area contributed by atoms with Crippen LogP contribution in [0.4, 0.5) is 0 Å². The van der Waals surface area contributed by atoms with Crippen LogP contribution in [-0.4, -0.2) is 11.4 Å². The number of aliphatic hydroxyl groups excluding tert-OH is 1. The van der Waals surface area contributed by atoms with Gasteiger partial charge in [0.05, 0.1) is 5.76 Å². The van der Waals surface area contributed by atoms with E-state index >= 15 is 0 Å². The zero-order valence-corrected chi connectivity index (χ0v) is 6.16. The first-order chi connectivity index (χ1) is 5.33. The number of aliphatic hydroxyl groups is 1. The average molecular weight is 150 g/mol. The Bertz CT molecular complexity index is 234. The predicted molar refractivity (Wildman–Crippen MR) is 43.2 cm³/mol. The van der Waals surface area contributed by atoms with Gasteiger partial charge in [-0.2, -0.15) is 0 Å². The molecule has 0 unspecified atom stereocenters. The third-order valence-electron chi connectivity index (χ3n) is 1.48. The van der Waals surface area contributed by atoms with Crippen LogP contribution in [0.1, 0.15) is 12.8 Å². The predicted octanol–water partition coefficient (Wildman–Crippen LogP) is 1.90. The second kappa shape index (κ2) is 3.76. The summed E-state index contributed by atoms with van der Waals surface area (Å²) in [5.74, 6) is 0.387. The van der Waals surface area contributed by atoms with Crippen molar-refractivity contribution < 1.29 is 9.90 Å². The molecule has 0 aromatic carbocycles. The smallest absolute Gasteiger partial charge is 0.142 e. The van der Waals surface area contributed by atoms with E-state index < -0.39 is 0 Å². The molecule has 2 nitrogen and oxygen atoms in total. The lowest BCUT2D eigenvalue weighted by atomic mass is 10.1. The lowest BCUT2D eigenvalue weighted by Crippen LogP contribution is -1.88. The zero-order chi connectivity index (χ0) is 8.10. The summed E-state index contributed by atoms with van der Waals surface area (Å²) in [6.45, 7) is 0. The van der Waals surface area contributed by atoms with E-state index in [1.807, 2.05) is 6.08 Å². The van der Waals surface area contributed by atoms with Crippen molar-refractivity contribution in [2.75, 3.05) is 0 Å². The van der Waals surface area contributed by atoms with E-state index in [1.54, 1.807) is 12.2 Å². The fourth-order valence-electron chi connectivity index (χ4n) is 0.977. The number of carbonyl (C=O) groups excluding carboxylic acids is 1. The van der Waals surface area contributed by atoms with Crippen molar-refractivity contribution in [2.45, 2.75) is 12.8 Å². The molecule has 1 rings (SSSR count). The van der Waals surface area contributed by atoms with Crippen LogP contribution in [0, 0.1) is 0 Å². The van der Waals surface area contributed by atoms with Crippen LogP contribution in [0.25, 0.3) is 0 Å². The number of carbonyl (C=O) groups is 1. The molecule has 2 heteroatoms. The molecular formula is C9H10O2. The summed E-state index contributed by atoms with van der Waals surface area (Å²) >= 11 is 0. The molecule has 0 heterocycles. The second-order valence-corrected chi connectivity index (χ2v) is 2.37. The fraction of sp³-hybridized carbons (Fsp3) is 0.222. The first kappa shape index (κ1) is 7.79. The van der Waals surface area contributed by atoms with Crippen LogP contribution in [0.15, 0.2) is 35.6 Å². The van der Waals surface area contributed by atoms with Gasteiger partial charge in [0.1, 0.15) is 6.29 Å². The molecule has 1 N–H and O–H groups in total. The molecule has 0 spiro atoms. The molecule has 0 bridgehead atoms. The number of aldehydes is 1. The van der Waals surface area contributed by atoms with Gasteiger partial charge in [-0.25, -0.2) is 0 Å². The van der Waals surface area contributed by atoms with E-state index in [0.717, 1.165) is 18.3 Å². The number of hydrogen-bond acceptors (Lipinski definition) is 2. The lowest BCUT2D eigenvalue weighted by Gasteiger charge is -2.04. The van der Waals surface area contributed by atoms with Gasteiger partial charge in [-0.15, -0.1) is 0 Å². The fourth-order valence-corrected chi connectivity index (χ4v) is 0.977. The molecule has 1 aliphatic rings. The highest BCUT2D eigenvalue weighted by Crippen LogP contribution is 2.15. The van der Waals surface area contributed by atoms with Gasteiger partial charge in [0.2, 0.25) is 0 Å². The standard InChI is InChI=1S/C9H10O2/c10-6-2-4-8-3-1-5-9(11)7-8/h2-4,6-7,11H,1,5H2/b4-2+. The van der Waals surface area contributed by atoms with Gasteiger partial charge < -0.3 is 5.11 Å². The van der Waals surface area contributed by atoms with Crippen molar-refractivity contribution in [1.29, 1.82) is 0 Å². The molecule has 1 aliphatic carbocycles. The highest BCUT2D eigenvalue weighted by molar-refractivity contribution is 5.66. The first-order valence-electron chi connectivity index (χ1n) is 3.54. The third-order valence-corrected chi connectivity index (χ3v) is 1.48. The highest BCUT2D eigenvalue weighted by Gasteiger charge is 1.99. The van der Waals surface area contributed by atoms with E-state index in [1.165, 1.54) is 6.08 Å². The van der Waals surface area contributed by atoms with Crippen LogP contribution < -0.4 is 0 Å². The Morgan fingerprint density at radius 3 is 3.00 bits per heavy atom. The van der Waals surface area contributed by atoms with Crippen LogP contribution in [0.3, 0.4) is 0 Å². The van der Waals surface area contributed by atoms with E-state index in [0.29, 0.717) is 12.2 Å². The van der Waals surface area contributed by atoms with Gasteiger partial charge >= 0.3 is 0 Å². The molecule has 11 heavy (non-hydrogen) atoms. The molecule has 0 amide bonds.